The molecule has 1 heterocycles. The lowest BCUT2D eigenvalue weighted by molar-refractivity contribution is 0.295. The Bertz CT molecular complexity index is 576. The smallest absolute Gasteiger partial charge is 0.230 e. The van der Waals surface area contributed by atoms with Crippen LogP contribution in [-0.2, 0) is 6.61 Å². The Balaban J connectivity index is 2.11. The maximum absolute atomic E-state index is 5.64. The maximum Gasteiger partial charge on any atom is 0.230 e. The van der Waals surface area contributed by atoms with E-state index in [4.69, 9.17) is 10.5 Å². The van der Waals surface area contributed by atoms with E-state index in [2.05, 4.69) is 37.5 Å². The Morgan fingerprint density at radius 3 is 2.74 bits per heavy atom. The van der Waals surface area contributed by atoms with Crippen molar-refractivity contribution in [3.05, 3.63) is 33.7 Å². The van der Waals surface area contributed by atoms with Gasteiger partial charge in [-0.25, -0.2) is 0 Å². The fourth-order valence-electron chi connectivity index (χ4n) is 1.39. The first kappa shape index (κ1) is 13.8. The Hall–Kier alpha value is -1.64. The molecule has 6 nitrogen and oxygen atoms in total. The van der Waals surface area contributed by atoms with Crippen molar-refractivity contribution in [1.82, 2.24) is 15.0 Å². The summed E-state index contributed by atoms with van der Waals surface area (Å²) in [6.45, 7) is 0.258. The second kappa shape index (κ2) is 6.00. The molecule has 2 aromatic rings. The number of anilines is 2. The van der Waals surface area contributed by atoms with Crippen LogP contribution in [0, 0.1) is 3.57 Å². The van der Waals surface area contributed by atoms with Crippen molar-refractivity contribution in [3.63, 3.8) is 0 Å². The van der Waals surface area contributed by atoms with Gasteiger partial charge in [0.15, 0.2) is 5.82 Å². The number of hydrogen-bond donors (Lipinski definition) is 1. The molecule has 0 aliphatic rings. The molecular weight excluding hydrogens is 357 g/mol. The van der Waals surface area contributed by atoms with Gasteiger partial charge in [0.1, 0.15) is 12.4 Å². The van der Waals surface area contributed by atoms with Gasteiger partial charge in [0, 0.05) is 17.7 Å². The summed E-state index contributed by atoms with van der Waals surface area (Å²) in [7, 11) is 3.69. The van der Waals surface area contributed by atoms with Gasteiger partial charge in [0.25, 0.3) is 0 Å². The number of nitrogens with two attached hydrogens (primary N) is 1. The second-order valence-corrected chi connectivity index (χ2v) is 5.30. The first-order chi connectivity index (χ1) is 9.04. The molecular formula is C12H14IN5O. The molecule has 0 saturated carbocycles. The Kier molecular flexibility index (Phi) is 4.35. The highest BCUT2D eigenvalue weighted by Gasteiger charge is 2.07. The number of hydrogen-bond acceptors (Lipinski definition) is 6. The average molecular weight is 371 g/mol. The lowest BCUT2D eigenvalue weighted by atomic mass is 10.3. The van der Waals surface area contributed by atoms with Crippen LogP contribution < -0.4 is 15.4 Å². The zero-order chi connectivity index (χ0) is 13.8. The van der Waals surface area contributed by atoms with Gasteiger partial charge in [-0.2, -0.15) is 15.0 Å². The van der Waals surface area contributed by atoms with E-state index in [1.165, 1.54) is 0 Å². The standard InChI is InChI=1S/C12H14IN5O/c1-18(2)12-16-10(15-11(14)17-12)7-19-9-5-3-4-8(13)6-9/h3-6H,7H2,1-2H3,(H2,14,15,16,17). The van der Waals surface area contributed by atoms with Crippen molar-refractivity contribution in [3.8, 4) is 5.75 Å². The second-order valence-electron chi connectivity index (χ2n) is 4.05. The van der Waals surface area contributed by atoms with Crippen molar-refractivity contribution in [1.29, 1.82) is 0 Å². The van der Waals surface area contributed by atoms with Crippen LogP contribution in [0.25, 0.3) is 0 Å². The average Bonchev–Trinajstić information content (AvgIpc) is 2.36. The van der Waals surface area contributed by atoms with Gasteiger partial charge in [-0.1, -0.05) is 6.07 Å². The highest BCUT2D eigenvalue weighted by Crippen LogP contribution is 2.16. The molecule has 2 N–H and O–H groups in total. The third-order valence-electron chi connectivity index (χ3n) is 2.25. The molecule has 19 heavy (non-hydrogen) atoms. The van der Waals surface area contributed by atoms with Gasteiger partial charge in [0.05, 0.1) is 0 Å². The molecule has 2 rings (SSSR count). The van der Waals surface area contributed by atoms with Gasteiger partial charge in [-0.05, 0) is 40.8 Å². The van der Waals surface area contributed by atoms with E-state index in [9.17, 15) is 0 Å². The largest absolute Gasteiger partial charge is 0.486 e. The van der Waals surface area contributed by atoms with Crippen LogP contribution in [0.5, 0.6) is 5.75 Å². The summed E-state index contributed by atoms with van der Waals surface area (Å²) in [5.74, 6) is 2.00. The number of ether oxygens (including phenoxy) is 1. The minimum atomic E-state index is 0.194. The van der Waals surface area contributed by atoms with Crippen LogP contribution in [-0.4, -0.2) is 29.0 Å². The summed E-state index contributed by atoms with van der Waals surface area (Å²) < 4.78 is 6.74. The van der Waals surface area contributed by atoms with Crippen LogP contribution in [0.1, 0.15) is 5.82 Å². The van der Waals surface area contributed by atoms with E-state index in [-0.39, 0.29) is 12.6 Å². The van der Waals surface area contributed by atoms with Crippen LogP contribution in [0.2, 0.25) is 0 Å². The number of benzene rings is 1. The van der Waals surface area contributed by atoms with E-state index < -0.39 is 0 Å². The van der Waals surface area contributed by atoms with Gasteiger partial charge < -0.3 is 15.4 Å². The van der Waals surface area contributed by atoms with E-state index in [1.54, 1.807) is 4.90 Å². The highest BCUT2D eigenvalue weighted by atomic mass is 127. The third-order valence-corrected chi connectivity index (χ3v) is 2.92. The fraction of sp³-hybridized carbons (Fsp3) is 0.250. The summed E-state index contributed by atoms with van der Waals surface area (Å²) in [6, 6.07) is 7.76. The quantitative estimate of drug-likeness (QED) is 0.825. The lowest BCUT2D eigenvalue weighted by Crippen LogP contribution is -2.16. The zero-order valence-corrected chi connectivity index (χ0v) is 12.8. The molecule has 1 aromatic carbocycles. The minimum absolute atomic E-state index is 0.194. The molecule has 0 bridgehead atoms. The van der Waals surface area contributed by atoms with Gasteiger partial charge in [-0.3, -0.25) is 0 Å². The molecule has 7 heteroatoms. The van der Waals surface area contributed by atoms with E-state index in [1.807, 2.05) is 38.4 Å². The van der Waals surface area contributed by atoms with Crippen LogP contribution in [0.15, 0.2) is 24.3 Å². The first-order valence-corrected chi connectivity index (χ1v) is 6.68. The van der Waals surface area contributed by atoms with E-state index in [0.717, 1.165) is 9.32 Å². The van der Waals surface area contributed by atoms with E-state index >= 15 is 0 Å². The van der Waals surface area contributed by atoms with Gasteiger partial charge in [-0.15, -0.1) is 0 Å². The molecule has 100 valence electrons. The predicted molar refractivity (Wildman–Crippen MR) is 82.1 cm³/mol. The molecule has 0 aliphatic carbocycles. The van der Waals surface area contributed by atoms with Crippen LogP contribution in [0.3, 0.4) is 0 Å². The number of nitrogen functional groups attached to an aromatic ring is 1. The lowest BCUT2D eigenvalue weighted by Gasteiger charge is -2.11. The predicted octanol–water partition coefficient (Wildman–Crippen LogP) is 1.70. The van der Waals surface area contributed by atoms with E-state index in [0.29, 0.717) is 11.8 Å². The summed E-state index contributed by atoms with van der Waals surface area (Å²) in [4.78, 5) is 14.1. The number of nitrogens with zero attached hydrogens (tertiary/aromatic N) is 4. The van der Waals surface area contributed by atoms with Crippen molar-refractivity contribution in [2.24, 2.45) is 0 Å². The molecule has 0 aliphatic heterocycles. The van der Waals surface area contributed by atoms with Gasteiger partial charge >= 0.3 is 0 Å². The Labute approximate surface area is 125 Å². The molecule has 1 aromatic heterocycles. The first-order valence-electron chi connectivity index (χ1n) is 5.61. The van der Waals surface area contributed by atoms with Crippen molar-refractivity contribution >= 4 is 34.5 Å². The Morgan fingerprint density at radius 2 is 2.05 bits per heavy atom. The number of rotatable bonds is 4. The summed E-state index contributed by atoms with van der Waals surface area (Å²) in [5, 5.41) is 0. The van der Waals surface area contributed by atoms with Crippen molar-refractivity contribution in [2.45, 2.75) is 6.61 Å². The molecule has 0 spiro atoms. The van der Waals surface area contributed by atoms with Crippen LogP contribution in [0.4, 0.5) is 11.9 Å². The summed E-state index contributed by atoms with van der Waals surface area (Å²) in [6.07, 6.45) is 0. The van der Waals surface area contributed by atoms with Crippen molar-refractivity contribution < 1.29 is 4.74 Å². The topological polar surface area (TPSA) is 77.2 Å². The van der Waals surface area contributed by atoms with Crippen LogP contribution >= 0.6 is 22.6 Å². The summed E-state index contributed by atoms with van der Waals surface area (Å²) in [5.41, 5.74) is 5.64. The molecule has 0 atom stereocenters. The molecule has 0 radical (unpaired) electrons. The maximum atomic E-state index is 5.64. The molecule has 0 saturated heterocycles. The fourth-order valence-corrected chi connectivity index (χ4v) is 1.91. The molecule has 0 unspecified atom stereocenters. The number of aromatic nitrogens is 3. The van der Waals surface area contributed by atoms with Crippen molar-refractivity contribution in [2.75, 3.05) is 24.7 Å². The monoisotopic (exact) mass is 371 g/mol. The number of halogens is 1. The molecule has 0 fully saturated rings. The minimum Gasteiger partial charge on any atom is -0.486 e. The third kappa shape index (κ3) is 3.91. The van der Waals surface area contributed by atoms with Gasteiger partial charge in [0.2, 0.25) is 11.9 Å². The molecule has 0 amide bonds. The SMILES string of the molecule is CN(C)c1nc(N)nc(COc2cccc(I)c2)n1. The summed E-state index contributed by atoms with van der Waals surface area (Å²) >= 11 is 2.23. The highest BCUT2D eigenvalue weighted by molar-refractivity contribution is 14.1. The Morgan fingerprint density at radius 1 is 1.26 bits per heavy atom. The zero-order valence-electron chi connectivity index (χ0n) is 10.7. The normalized spacial score (nSPS) is 10.3.